The average Bonchev–Trinajstić information content (AvgIpc) is 2.24. The van der Waals surface area contributed by atoms with Gasteiger partial charge in [-0.05, 0) is 62.2 Å². The number of aliphatic hydroxyl groups excluding tert-OH is 1. The molecule has 2 atom stereocenters. The maximum atomic E-state index is 11.9. The largest absolute Gasteiger partial charge is 0.386 e. The van der Waals surface area contributed by atoms with Gasteiger partial charge in [0.2, 0.25) is 0 Å². The fourth-order valence-corrected chi connectivity index (χ4v) is 3.12. The molecule has 0 saturated heterocycles. The summed E-state index contributed by atoms with van der Waals surface area (Å²) in [4.78, 5) is 11.9. The fraction of sp³-hybridized carbons (Fsp3) is 0.667. The molecule has 0 unspecified atom stereocenters. The minimum Gasteiger partial charge on any atom is -0.386 e. The zero-order chi connectivity index (χ0) is 13.7. The van der Waals surface area contributed by atoms with Crippen molar-refractivity contribution in [3.63, 3.8) is 0 Å². The summed E-state index contributed by atoms with van der Waals surface area (Å²) >= 11 is 0. The quantitative estimate of drug-likeness (QED) is 0.749. The molecule has 0 heterocycles. The van der Waals surface area contributed by atoms with Crippen molar-refractivity contribution in [2.24, 2.45) is 5.41 Å². The normalized spacial score (nSPS) is 33.3. The number of hydrogen-bond acceptors (Lipinski definition) is 3. The molecule has 2 aliphatic rings. The van der Waals surface area contributed by atoms with E-state index in [4.69, 9.17) is 0 Å². The first kappa shape index (κ1) is 13.5. The molecule has 0 radical (unpaired) electrons. The number of rotatable bonds is 1. The van der Waals surface area contributed by atoms with Crippen LogP contribution in [0.2, 0.25) is 0 Å². The average molecular weight is 250 g/mol. The Hall–Kier alpha value is -0.930. The lowest BCUT2D eigenvalue weighted by Gasteiger charge is -2.42. The zero-order valence-corrected chi connectivity index (χ0v) is 11.6. The van der Waals surface area contributed by atoms with Gasteiger partial charge in [0, 0.05) is 0 Å². The van der Waals surface area contributed by atoms with E-state index in [1.807, 2.05) is 6.08 Å². The topological polar surface area (TPSA) is 57.5 Å². The maximum absolute atomic E-state index is 11.9. The van der Waals surface area contributed by atoms with Gasteiger partial charge in [0.25, 0.3) is 0 Å². The van der Waals surface area contributed by atoms with Gasteiger partial charge in [0.05, 0.1) is 5.60 Å². The third kappa shape index (κ3) is 2.06. The van der Waals surface area contributed by atoms with Crippen LogP contribution in [0.25, 0.3) is 0 Å². The second kappa shape index (κ2) is 4.04. The monoisotopic (exact) mass is 250 g/mol. The van der Waals surface area contributed by atoms with Gasteiger partial charge in [-0.15, -0.1) is 0 Å². The minimum absolute atomic E-state index is 0.133. The molecule has 3 nitrogen and oxygen atoms in total. The van der Waals surface area contributed by atoms with Crippen LogP contribution in [0.4, 0.5) is 0 Å². The summed E-state index contributed by atoms with van der Waals surface area (Å²) in [6.07, 6.45) is 3.30. The first-order chi connectivity index (χ1) is 8.15. The highest BCUT2D eigenvalue weighted by atomic mass is 16.3. The van der Waals surface area contributed by atoms with E-state index in [0.717, 1.165) is 24.0 Å². The van der Waals surface area contributed by atoms with E-state index in [0.29, 0.717) is 12.0 Å². The van der Waals surface area contributed by atoms with Crippen molar-refractivity contribution in [2.75, 3.05) is 0 Å². The number of aliphatic hydroxyl groups is 2. The third-order valence-corrected chi connectivity index (χ3v) is 4.42. The molecule has 0 saturated carbocycles. The molecule has 2 rings (SSSR count). The number of allylic oxidation sites excluding steroid dienone is 2. The lowest BCUT2D eigenvalue weighted by molar-refractivity contribution is -0.125. The molecule has 0 aromatic carbocycles. The number of hydrogen-bond donors (Lipinski definition) is 2. The molecule has 0 bridgehead atoms. The molecule has 2 aliphatic carbocycles. The SMILES string of the molecule is CC1=C2C=C(C(C)(C)O)CC[C@@]2(C)C[C@@H](O)C1=O. The summed E-state index contributed by atoms with van der Waals surface area (Å²) in [5.41, 5.74) is 1.65. The Balaban J connectivity index is 2.53. The summed E-state index contributed by atoms with van der Waals surface area (Å²) < 4.78 is 0. The van der Waals surface area contributed by atoms with E-state index < -0.39 is 11.7 Å². The van der Waals surface area contributed by atoms with E-state index in [1.165, 1.54) is 0 Å². The highest BCUT2D eigenvalue weighted by molar-refractivity contribution is 6.00. The molecular formula is C15H22O3. The van der Waals surface area contributed by atoms with Gasteiger partial charge in [0.15, 0.2) is 5.78 Å². The van der Waals surface area contributed by atoms with Crippen molar-refractivity contribution in [3.05, 3.63) is 22.8 Å². The van der Waals surface area contributed by atoms with E-state index in [2.05, 4.69) is 6.92 Å². The highest BCUT2D eigenvalue weighted by Crippen LogP contribution is 2.48. The maximum Gasteiger partial charge on any atom is 0.187 e. The van der Waals surface area contributed by atoms with Crippen LogP contribution < -0.4 is 0 Å². The lowest BCUT2D eigenvalue weighted by Crippen LogP contribution is -2.40. The van der Waals surface area contributed by atoms with Crippen molar-refractivity contribution in [1.29, 1.82) is 0 Å². The predicted molar refractivity (Wildman–Crippen MR) is 70.1 cm³/mol. The standard InChI is InChI=1S/C15H22O3/c1-9-11-7-10(14(2,3)18)5-6-15(11,4)8-12(16)13(9)17/h7,12,16,18H,5-6,8H2,1-4H3/t12-,15+/m1/s1. The van der Waals surface area contributed by atoms with Crippen molar-refractivity contribution < 1.29 is 15.0 Å². The summed E-state index contributed by atoms with van der Waals surface area (Å²) in [5, 5.41) is 19.9. The van der Waals surface area contributed by atoms with E-state index >= 15 is 0 Å². The van der Waals surface area contributed by atoms with Crippen molar-refractivity contribution in [2.45, 2.75) is 58.7 Å². The van der Waals surface area contributed by atoms with Crippen LogP contribution in [0.1, 0.15) is 47.0 Å². The Bertz CT molecular complexity index is 451. The highest BCUT2D eigenvalue weighted by Gasteiger charge is 2.43. The van der Waals surface area contributed by atoms with Crippen molar-refractivity contribution >= 4 is 5.78 Å². The van der Waals surface area contributed by atoms with Crippen LogP contribution in [0, 0.1) is 5.41 Å². The summed E-state index contributed by atoms with van der Waals surface area (Å²) in [7, 11) is 0. The molecule has 0 amide bonds. The Labute approximate surface area is 108 Å². The molecule has 3 heteroatoms. The fourth-order valence-electron chi connectivity index (χ4n) is 3.12. The van der Waals surface area contributed by atoms with Crippen molar-refractivity contribution in [3.8, 4) is 0 Å². The number of Topliss-reactive ketones (excluding diaryl/α,β-unsaturated/α-hetero) is 1. The molecule has 0 aliphatic heterocycles. The van der Waals surface area contributed by atoms with Gasteiger partial charge < -0.3 is 10.2 Å². The Kier molecular flexibility index (Phi) is 3.03. The first-order valence-electron chi connectivity index (χ1n) is 6.52. The smallest absolute Gasteiger partial charge is 0.187 e. The van der Waals surface area contributed by atoms with Gasteiger partial charge in [-0.1, -0.05) is 13.0 Å². The van der Waals surface area contributed by atoms with Crippen molar-refractivity contribution in [1.82, 2.24) is 0 Å². The molecular weight excluding hydrogens is 228 g/mol. The van der Waals surface area contributed by atoms with Gasteiger partial charge in [-0.3, -0.25) is 4.79 Å². The molecule has 18 heavy (non-hydrogen) atoms. The van der Waals surface area contributed by atoms with Gasteiger partial charge in [-0.2, -0.15) is 0 Å². The van der Waals surface area contributed by atoms with Crippen LogP contribution in [-0.2, 0) is 4.79 Å². The van der Waals surface area contributed by atoms with E-state index in [9.17, 15) is 15.0 Å². The second-order valence-electron chi connectivity index (χ2n) is 6.41. The molecule has 0 spiro atoms. The van der Waals surface area contributed by atoms with Crippen LogP contribution >= 0.6 is 0 Å². The predicted octanol–water partition coefficient (Wildman–Crippen LogP) is 2.13. The Morgan fingerprint density at radius 1 is 1.44 bits per heavy atom. The van der Waals surface area contributed by atoms with Gasteiger partial charge >= 0.3 is 0 Å². The number of ketones is 1. The first-order valence-corrected chi connectivity index (χ1v) is 6.52. The summed E-state index contributed by atoms with van der Waals surface area (Å²) in [5.74, 6) is -0.171. The van der Waals surface area contributed by atoms with Crippen LogP contribution in [0.5, 0.6) is 0 Å². The third-order valence-electron chi connectivity index (χ3n) is 4.42. The number of carbonyl (C=O) groups is 1. The summed E-state index contributed by atoms with van der Waals surface area (Å²) in [6.45, 7) is 7.43. The van der Waals surface area contributed by atoms with Crippen LogP contribution in [0.15, 0.2) is 22.8 Å². The molecule has 0 aromatic rings. The molecule has 0 aromatic heterocycles. The number of carbonyl (C=O) groups excluding carboxylic acids is 1. The minimum atomic E-state index is -0.865. The zero-order valence-electron chi connectivity index (χ0n) is 11.6. The molecule has 2 N–H and O–H groups in total. The van der Waals surface area contributed by atoms with E-state index in [1.54, 1.807) is 20.8 Å². The number of fused-ring (bicyclic) bond motifs is 1. The van der Waals surface area contributed by atoms with Gasteiger partial charge in [0.1, 0.15) is 6.10 Å². The Morgan fingerprint density at radius 3 is 2.61 bits per heavy atom. The molecule has 100 valence electrons. The lowest BCUT2D eigenvalue weighted by atomic mass is 9.63. The summed E-state index contributed by atoms with van der Waals surface area (Å²) in [6, 6.07) is 0. The van der Waals surface area contributed by atoms with Gasteiger partial charge in [-0.25, -0.2) is 0 Å². The van der Waals surface area contributed by atoms with Crippen LogP contribution in [0.3, 0.4) is 0 Å². The van der Waals surface area contributed by atoms with E-state index in [-0.39, 0.29) is 11.2 Å². The Morgan fingerprint density at radius 2 is 2.06 bits per heavy atom. The van der Waals surface area contributed by atoms with Crippen LogP contribution in [-0.4, -0.2) is 27.7 Å². The molecule has 0 fully saturated rings. The second-order valence-corrected chi connectivity index (χ2v) is 6.41.